The van der Waals surface area contributed by atoms with Gasteiger partial charge in [-0.1, -0.05) is 6.07 Å². The van der Waals surface area contributed by atoms with E-state index in [4.69, 9.17) is 4.42 Å². The number of Topliss-reactive ketones (excluding diaryl/α,β-unsaturated/α-hetero) is 1. The van der Waals surface area contributed by atoms with Crippen LogP contribution in [0.15, 0.2) is 41.1 Å². The molecule has 3 nitrogen and oxygen atoms in total. The van der Waals surface area contributed by atoms with Crippen molar-refractivity contribution in [3.8, 4) is 0 Å². The second-order valence-electron chi connectivity index (χ2n) is 3.40. The second-order valence-corrected chi connectivity index (χ2v) is 3.40. The zero-order valence-electron chi connectivity index (χ0n) is 8.43. The maximum atomic E-state index is 11.6. The Balaban J connectivity index is 2.09. The number of nitrogens with zero attached hydrogens (tertiary/aromatic N) is 1. The van der Waals surface area contributed by atoms with Crippen LogP contribution in [-0.4, -0.2) is 10.8 Å². The first-order valence-corrected chi connectivity index (χ1v) is 4.74. The van der Waals surface area contributed by atoms with Crippen molar-refractivity contribution in [1.82, 2.24) is 4.98 Å². The summed E-state index contributed by atoms with van der Waals surface area (Å²) in [5.41, 5.74) is 1.85. The molecule has 0 bridgehead atoms. The third kappa shape index (κ3) is 2.31. The van der Waals surface area contributed by atoms with Crippen molar-refractivity contribution in [2.75, 3.05) is 0 Å². The van der Waals surface area contributed by atoms with Gasteiger partial charge < -0.3 is 4.42 Å². The first-order chi connectivity index (χ1) is 7.25. The predicted octanol–water partition coefficient (Wildman–Crippen LogP) is 2.41. The Morgan fingerprint density at radius 2 is 2.27 bits per heavy atom. The number of hydrogen-bond donors (Lipinski definition) is 0. The molecule has 2 rings (SSSR count). The van der Waals surface area contributed by atoms with E-state index in [-0.39, 0.29) is 12.2 Å². The monoisotopic (exact) mass is 201 g/mol. The fraction of sp³-hybridized carbons (Fsp3) is 0.167. The quantitative estimate of drug-likeness (QED) is 0.716. The molecule has 0 aliphatic carbocycles. The molecular formula is C12H11NO2. The van der Waals surface area contributed by atoms with Crippen LogP contribution in [0.1, 0.15) is 21.8 Å². The first kappa shape index (κ1) is 9.65. The number of furan rings is 1. The van der Waals surface area contributed by atoms with E-state index in [1.165, 1.54) is 6.26 Å². The lowest BCUT2D eigenvalue weighted by Gasteiger charge is -1.98. The lowest BCUT2D eigenvalue weighted by atomic mass is 10.1. The first-order valence-electron chi connectivity index (χ1n) is 4.74. The van der Waals surface area contributed by atoms with Crippen molar-refractivity contribution < 1.29 is 9.21 Å². The second kappa shape index (κ2) is 4.09. The number of carbonyl (C=O) groups excluding carboxylic acids is 1. The molecule has 2 heterocycles. The molecule has 0 saturated heterocycles. The van der Waals surface area contributed by atoms with Crippen molar-refractivity contribution in [2.24, 2.45) is 0 Å². The highest BCUT2D eigenvalue weighted by molar-refractivity contribution is 5.94. The molecule has 0 fully saturated rings. The highest BCUT2D eigenvalue weighted by Crippen LogP contribution is 2.06. The van der Waals surface area contributed by atoms with Gasteiger partial charge in [0, 0.05) is 11.9 Å². The van der Waals surface area contributed by atoms with Gasteiger partial charge in [0.25, 0.3) is 0 Å². The Hall–Kier alpha value is -1.90. The molecule has 0 unspecified atom stereocenters. The summed E-state index contributed by atoms with van der Waals surface area (Å²) in [6.07, 6.45) is 3.54. The Morgan fingerprint density at radius 3 is 2.87 bits per heavy atom. The fourth-order valence-electron chi connectivity index (χ4n) is 1.29. The molecule has 0 N–H and O–H groups in total. The zero-order chi connectivity index (χ0) is 10.7. The number of carbonyl (C=O) groups is 1. The Bertz CT molecular complexity index is 443. The molecule has 76 valence electrons. The van der Waals surface area contributed by atoms with E-state index in [1.54, 1.807) is 18.3 Å². The summed E-state index contributed by atoms with van der Waals surface area (Å²) in [6.45, 7) is 1.96. The molecule has 15 heavy (non-hydrogen) atoms. The minimum Gasteiger partial charge on any atom is -0.461 e. The number of aromatic nitrogens is 1. The van der Waals surface area contributed by atoms with Gasteiger partial charge >= 0.3 is 0 Å². The maximum Gasteiger partial charge on any atom is 0.203 e. The van der Waals surface area contributed by atoms with Gasteiger partial charge in [0.15, 0.2) is 5.76 Å². The molecular weight excluding hydrogens is 190 g/mol. The van der Waals surface area contributed by atoms with E-state index in [0.29, 0.717) is 5.76 Å². The smallest absolute Gasteiger partial charge is 0.203 e. The minimum absolute atomic E-state index is 0.0450. The molecule has 2 aromatic heterocycles. The van der Waals surface area contributed by atoms with Gasteiger partial charge in [-0.25, -0.2) is 0 Å². The van der Waals surface area contributed by atoms with Gasteiger partial charge in [-0.05, 0) is 30.7 Å². The molecule has 0 aliphatic heterocycles. The van der Waals surface area contributed by atoms with Crippen LogP contribution in [0.4, 0.5) is 0 Å². The Morgan fingerprint density at radius 1 is 1.40 bits per heavy atom. The number of hydrogen-bond acceptors (Lipinski definition) is 3. The van der Waals surface area contributed by atoms with E-state index in [0.717, 1.165) is 11.3 Å². The average Bonchev–Trinajstić information content (AvgIpc) is 2.74. The van der Waals surface area contributed by atoms with Crippen molar-refractivity contribution >= 4 is 5.78 Å². The van der Waals surface area contributed by atoms with Crippen LogP contribution in [0.25, 0.3) is 0 Å². The van der Waals surface area contributed by atoms with E-state index < -0.39 is 0 Å². The maximum absolute atomic E-state index is 11.6. The summed E-state index contributed by atoms with van der Waals surface area (Å²) in [4.78, 5) is 15.8. The SMILES string of the molecule is Cc1ccc(CC(=O)c2ccco2)nc1. The zero-order valence-corrected chi connectivity index (χ0v) is 8.43. The van der Waals surface area contributed by atoms with Crippen LogP contribution in [0.2, 0.25) is 0 Å². The van der Waals surface area contributed by atoms with Gasteiger partial charge in [-0.15, -0.1) is 0 Å². The lowest BCUT2D eigenvalue weighted by Crippen LogP contribution is -2.03. The Labute approximate surface area is 87.8 Å². The van der Waals surface area contributed by atoms with E-state index in [9.17, 15) is 4.79 Å². The predicted molar refractivity (Wildman–Crippen MR) is 55.7 cm³/mol. The molecule has 0 amide bonds. The molecule has 3 heteroatoms. The third-order valence-corrected chi connectivity index (χ3v) is 2.11. The molecule has 0 spiro atoms. The fourth-order valence-corrected chi connectivity index (χ4v) is 1.29. The molecule has 0 saturated carbocycles. The summed E-state index contributed by atoms with van der Waals surface area (Å²) in [7, 11) is 0. The summed E-state index contributed by atoms with van der Waals surface area (Å²) in [5.74, 6) is 0.341. The van der Waals surface area contributed by atoms with E-state index in [1.807, 2.05) is 19.1 Å². The normalized spacial score (nSPS) is 10.2. The largest absolute Gasteiger partial charge is 0.461 e. The molecule has 0 aromatic carbocycles. The van der Waals surface area contributed by atoms with Crippen molar-refractivity contribution in [3.63, 3.8) is 0 Å². The summed E-state index contributed by atoms with van der Waals surface area (Å²) in [5, 5.41) is 0. The van der Waals surface area contributed by atoms with Crippen LogP contribution in [0.3, 0.4) is 0 Å². The molecule has 0 radical (unpaired) electrons. The van der Waals surface area contributed by atoms with Crippen LogP contribution < -0.4 is 0 Å². The van der Waals surface area contributed by atoms with Gasteiger partial charge in [-0.2, -0.15) is 0 Å². The number of ketones is 1. The summed E-state index contributed by atoms with van der Waals surface area (Å²) < 4.78 is 5.01. The summed E-state index contributed by atoms with van der Waals surface area (Å²) in [6, 6.07) is 7.17. The average molecular weight is 201 g/mol. The summed E-state index contributed by atoms with van der Waals surface area (Å²) >= 11 is 0. The molecule has 2 aromatic rings. The highest BCUT2D eigenvalue weighted by Gasteiger charge is 2.09. The van der Waals surface area contributed by atoms with Gasteiger partial charge in [0.2, 0.25) is 5.78 Å². The number of rotatable bonds is 3. The number of pyridine rings is 1. The van der Waals surface area contributed by atoms with Crippen LogP contribution in [-0.2, 0) is 6.42 Å². The van der Waals surface area contributed by atoms with Crippen molar-refractivity contribution in [1.29, 1.82) is 0 Å². The minimum atomic E-state index is -0.0450. The standard InChI is InChI=1S/C12H11NO2/c1-9-4-5-10(13-8-9)7-11(14)12-3-2-6-15-12/h2-6,8H,7H2,1H3. The topological polar surface area (TPSA) is 43.1 Å². The highest BCUT2D eigenvalue weighted by atomic mass is 16.3. The van der Waals surface area contributed by atoms with E-state index >= 15 is 0 Å². The van der Waals surface area contributed by atoms with Crippen molar-refractivity contribution in [3.05, 3.63) is 53.7 Å². The molecule has 0 aliphatic rings. The van der Waals surface area contributed by atoms with Gasteiger partial charge in [-0.3, -0.25) is 9.78 Å². The van der Waals surface area contributed by atoms with Crippen LogP contribution in [0.5, 0.6) is 0 Å². The third-order valence-electron chi connectivity index (χ3n) is 2.11. The van der Waals surface area contributed by atoms with Crippen LogP contribution >= 0.6 is 0 Å². The lowest BCUT2D eigenvalue weighted by molar-refractivity contribution is 0.0965. The number of aryl methyl sites for hydroxylation is 1. The van der Waals surface area contributed by atoms with Gasteiger partial charge in [0.05, 0.1) is 12.7 Å². The Kier molecular flexibility index (Phi) is 2.63. The van der Waals surface area contributed by atoms with Crippen molar-refractivity contribution in [2.45, 2.75) is 13.3 Å². The molecule has 0 atom stereocenters. The van der Waals surface area contributed by atoms with E-state index in [2.05, 4.69) is 4.98 Å². The van der Waals surface area contributed by atoms with Crippen LogP contribution in [0, 0.1) is 6.92 Å². The van der Waals surface area contributed by atoms with Gasteiger partial charge in [0.1, 0.15) is 0 Å².